The Morgan fingerprint density at radius 2 is 1.76 bits per heavy atom. The third-order valence-corrected chi connectivity index (χ3v) is 1.63. The van der Waals surface area contributed by atoms with Crippen molar-refractivity contribution in [3.8, 4) is 5.75 Å². The first-order valence-corrected chi connectivity index (χ1v) is 4.99. The molecule has 0 radical (unpaired) electrons. The van der Waals surface area contributed by atoms with Crippen LogP contribution in [-0.2, 0) is 10.5 Å². The van der Waals surface area contributed by atoms with E-state index in [4.69, 9.17) is 10.2 Å². The van der Waals surface area contributed by atoms with Crippen LogP contribution in [-0.4, -0.2) is 30.6 Å². The zero-order chi connectivity index (χ0) is 13.4. The van der Waals surface area contributed by atoms with Gasteiger partial charge in [-0.3, -0.25) is 0 Å². The van der Waals surface area contributed by atoms with Crippen LogP contribution in [0.25, 0.3) is 0 Å². The number of carbonyl (C=O) groups is 2. The SMILES string of the molecule is NC(=O)N=S(=O)=O.O=C(O)c1ccccc1O. The molecule has 0 aliphatic rings. The highest BCUT2D eigenvalue weighted by molar-refractivity contribution is 7.62. The van der Waals surface area contributed by atoms with Crippen LogP contribution in [0.4, 0.5) is 4.79 Å². The molecule has 0 unspecified atom stereocenters. The van der Waals surface area contributed by atoms with Gasteiger partial charge in [-0.05, 0) is 12.1 Å². The standard InChI is InChI=1S/C7H6O3.CH2N2O3S/c8-6-4-2-1-3-5(6)7(9)10;2-1(4)3-7(5)6/h1-4,8H,(H,9,10);(H2,2,4). The van der Waals surface area contributed by atoms with E-state index >= 15 is 0 Å². The van der Waals surface area contributed by atoms with Crippen molar-refractivity contribution in [1.82, 2.24) is 0 Å². The number of aromatic carboxylic acids is 1. The molecule has 0 spiro atoms. The Hall–Kier alpha value is -2.42. The second kappa shape index (κ2) is 6.95. The maximum absolute atomic E-state index is 10.3. The summed E-state index contributed by atoms with van der Waals surface area (Å²) in [5.74, 6) is -1.31. The molecule has 4 N–H and O–H groups in total. The first-order valence-electron chi connectivity index (χ1n) is 3.96. The molecule has 0 aliphatic carbocycles. The molecule has 0 heterocycles. The quantitative estimate of drug-likeness (QED) is 0.657. The van der Waals surface area contributed by atoms with E-state index in [1.165, 1.54) is 12.1 Å². The summed E-state index contributed by atoms with van der Waals surface area (Å²) in [5.41, 5.74) is 4.23. The Bertz CT molecular complexity index is 543. The van der Waals surface area contributed by atoms with Crippen LogP contribution in [0.15, 0.2) is 28.6 Å². The molecule has 1 aromatic rings. The molecular formula is C8H8N2O6S. The highest BCUT2D eigenvalue weighted by Crippen LogP contribution is 2.14. The van der Waals surface area contributed by atoms with E-state index in [0.717, 1.165) is 0 Å². The number of amides is 2. The highest BCUT2D eigenvalue weighted by atomic mass is 32.2. The normalized spacial score (nSPS) is 8.47. The summed E-state index contributed by atoms with van der Waals surface area (Å²) in [6.07, 6.45) is 0. The fraction of sp³-hybridized carbons (Fsp3) is 0. The summed E-state index contributed by atoms with van der Waals surface area (Å²) in [6, 6.07) is 4.61. The average molecular weight is 260 g/mol. The Morgan fingerprint density at radius 3 is 2.00 bits per heavy atom. The van der Waals surface area contributed by atoms with Gasteiger partial charge in [-0.1, -0.05) is 16.5 Å². The lowest BCUT2D eigenvalue weighted by Gasteiger charge is -1.95. The highest BCUT2D eigenvalue weighted by Gasteiger charge is 2.05. The molecular weight excluding hydrogens is 252 g/mol. The Balaban J connectivity index is 0.000000325. The number of aromatic hydroxyl groups is 1. The first kappa shape index (κ1) is 14.6. The lowest BCUT2D eigenvalue weighted by atomic mass is 10.2. The molecule has 0 saturated carbocycles. The van der Waals surface area contributed by atoms with Crippen molar-refractivity contribution in [2.45, 2.75) is 0 Å². The zero-order valence-corrected chi connectivity index (χ0v) is 9.09. The van der Waals surface area contributed by atoms with Gasteiger partial charge in [0.25, 0.3) is 0 Å². The van der Waals surface area contributed by atoms with Gasteiger partial charge in [-0.2, -0.15) is 8.42 Å². The molecule has 0 atom stereocenters. The van der Waals surface area contributed by atoms with Crippen molar-refractivity contribution in [2.75, 3.05) is 0 Å². The number of benzene rings is 1. The number of urea groups is 1. The van der Waals surface area contributed by atoms with Crippen molar-refractivity contribution in [3.63, 3.8) is 0 Å². The predicted octanol–water partition coefficient (Wildman–Crippen LogP) is 0.218. The number of para-hydroxylation sites is 1. The van der Waals surface area contributed by atoms with E-state index < -0.39 is 22.5 Å². The van der Waals surface area contributed by atoms with Crippen LogP contribution in [0.5, 0.6) is 5.75 Å². The Kier molecular flexibility index (Phi) is 5.96. The number of carbonyl (C=O) groups excluding carboxylic acids is 1. The van der Waals surface area contributed by atoms with Gasteiger partial charge in [0.05, 0.1) is 0 Å². The van der Waals surface area contributed by atoms with Gasteiger partial charge in [-0.25, -0.2) is 9.59 Å². The molecule has 17 heavy (non-hydrogen) atoms. The third kappa shape index (κ3) is 6.62. The maximum atomic E-state index is 10.3. The zero-order valence-electron chi connectivity index (χ0n) is 8.27. The Labute approximate surface area is 97.0 Å². The van der Waals surface area contributed by atoms with Crippen molar-refractivity contribution in [2.24, 2.45) is 10.1 Å². The van der Waals surface area contributed by atoms with Gasteiger partial charge in [-0.15, -0.1) is 0 Å². The van der Waals surface area contributed by atoms with Gasteiger partial charge < -0.3 is 15.9 Å². The average Bonchev–Trinajstić information content (AvgIpc) is 2.16. The summed E-state index contributed by atoms with van der Waals surface area (Å²) in [6.45, 7) is 0. The number of hydrogen-bond acceptors (Lipinski definition) is 5. The van der Waals surface area contributed by atoms with Crippen LogP contribution < -0.4 is 5.73 Å². The lowest BCUT2D eigenvalue weighted by Crippen LogP contribution is -2.02. The minimum Gasteiger partial charge on any atom is -0.507 e. The Morgan fingerprint density at radius 1 is 1.24 bits per heavy atom. The third-order valence-electron chi connectivity index (χ3n) is 1.30. The molecule has 0 aliphatic heterocycles. The number of primary amides is 1. The summed E-state index contributed by atoms with van der Waals surface area (Å²) < 4.78 is 21.0. The lowest BCUT2D eigenvalue weighted by molar-refractivity contribution is 0.0693. The van der Waals surface area contributed by atoms with Crippen molar-refractivity contribution >= 4 is 22.5 Å². The second-order valence-electron chi connectivity index (χ2n) is 2.47. The summed E-state index contributed by atoms with van der Waals surface area (Å²) >= 11 is 0. The molecule has 8 nitrogen and oxygen atoms in total. The fourth-order valence-electron chi connectivity index (χ4n) is 0.728. The number of carboxylic acid groups (broad SMARTS) is 1. The van der Waals surface area contributed by atoms with E-state index in [1.807, 2.05) is 0 Å². The molecule has 1 aromatic carbocycles. The van der Waals surface area contributed by atoms with Gasteiger partial charge >= 0.3 is 22.5 Å². The van der Waals surface area contributed by atoms with Crippen molar-refractivity contribution < 1.29 is 28.2 Å². The largest absolute Gasteiger partial charge is 0.507 e. The maximum Gasteiger partial charge on any atom is 0.353 e. The first-order chi connectivity index (χ1) is 7.84. The molecule has 92 valence electrons. The predicted molar refractivity (Wildman–Crippen MR) is 56.0 cm³/mol. The molecule has 0 saturated heterocycles. The fourth-order valence-corrected chi connectivity index (χ4v) is 0.875. The number of rotatable bonds is 1. The van der Waals surface area contributed by atoms with Gasteiger partial charge in [0.1, 0.15) is 11.3 Å². The summed E-state index contributed by atoms with van der Waals surface area (Å²) in [4.78, 5) is 19.7. The minimum absolute atomic E-state index is 0.0671. The van der Waals surface area contributed by atoms with Crippen LogP contribution in [0.2, 0.25) is 0 Å². The summed E-state index contributed by atoms with van der Waals surface area (Å²) in [7, 11) is -2.70. The second-order valence-corrected chi connectivity index (χ2v) is 3.09. The molecule has 9 heteroatoms. The minimum atomic E-state index is -2.70. The topological polar surface area (TPSA) is 147 Å². The number of carboxylic acids is 1. The molecule has 0 bridgehead atoms. The van der Waals surface area contributed by atoms with E-state index in [9.17, 15) is 18.0 Å². The number of hydrogen-bond donors (Lipinski definition) is 3. The van der Waals surface area contributed by atoms with E-state index in [-0.39, 0.29) is 11.3 Å². The van der Waals surface area contributed by atoms with Crippen LogP contribution in [0, 0.1) is 0 Å². The van der Waals surface area contributed by atoms with Crippen LogP contribution in [0.1, 0.15) is 10.4 Å². The number of phenols is 1. The number of nitrogens with zero attached hydrogens (tertiary/aromatic N) is 1. The molecule has 1 rings (SSSR count). The van der Waals surface area contributed by atoms with Crippen molar-refractivity contribution in [1.29, 1.82) is 0 Å². The van der Waals surface area contributed by atoms with Gasteiger partial charge in [0.15, 0.2) is 0 Å². The summed E-state index contributed by atoms with van der Waals surface area (Å²) in [5, 5.41) is 17.3. The monoisotopic (exact) mass is 260 g/mol. The van der Waals surface area contributed by atoms with Crippen LogP contribution in [0.3, 0.4) is 0 Å². The van der Waals surface area contributed by atoms with Crippen LogP contribution >= 0.6 is 0 Å². The van der Waals surface area contributed by atoms with E-state index in [1.54, 1.807) is 12.1 Å². The van der Waals surface area contributed by atoms with E-state index in [2.05, 4.69) is 10.1 Å². The molecule has 0 fully saturated rings. The van der Waals surface area contributed by atoms with Crippen molar-refractivity contribution in [3.05, 3.63) is 29.8 Å². The molecule has 0 aromatic heterocycles. The number of nitrogens with two attached hydrogens (primary N) is 1. The van der Waals surface area contributed by atoms with E-state index in [0.29, 0.717) is 0 Å². The molecule has 2 amide bonds. The van der Waals surface area contributed by atoms with Gasteiger partial charge in [0.2, 0.25) is 0 Å². The van der Waals surface area contributed by atoms with Gasteiger partial charge in [0, 0.05) is 0 Å². The smallest absolute Gasteiger partial charge is 0.353 e.